The summed E-state index contributed by atoms with van der Waals surface area (Å²) in [4.78, 5) is 31.4. The molecule has 1 atom stereocenters. The minimum atomic E-state index is -0.911. The molecule has 0 fully saturated rings. The van der Waals surface area contributed by atoms with Gasteiger partial charge in [0, 0.05) is 0 Å². The van der Waals surface area contributed by atoms with E-state index in [9.17, 15) is 30.3 Å². The number of nitro benzene ring substituents is 3. The molecule has 3 aromatic rings. The van der Waals surface area contributed by atoms with Gasteiger partial charge in [0.15, 0.2) is 0 Å². The lowest BCUT2D eigenvalue weighted by Crippen LogP contribution is -2.17. The molecule has 152 valence electrons. The summed E-state index contributed by atoms with van der Waals surface area (Å²) in [6.45, 7) is 0. The van der Waals surface area contributed by atoms with Gasteiger partial charge >= 0.3 is 11.4 Å². The van der Waals surface area contributed by atoms with Gasteiger partial charge in [-0.15, -0.1) is 0 Å². The fourth-order valence-electron chi connectivity index (χ4n) is 3.90. The number of aryl methyl sites for hydroxylation is 1. The van der Waals surface area contributed by atoms with Crippen molar-refractivity contribution in [2.45, 2.75) is 25.4 Å². The maximum Gasteiger partial charge on any atom is 0.325 e. The summed E-state index contributed by atoms with van der Waals surface area (Å²) in [5.41, 5.74) is -0.498. The third-order valence-corrected chi connectivity index (χ3v) is 5.22. The molecule has 0 saturated carbocycles. The highest BCUT2D eigenvalue weighted by Crippen LogP contribution is 2.45. The van der Waals surface area contributed by atoms with Crippen LogP contribution in [0.15, 0.2) is 48.5 Å². The Morgan fingerprint density at radius 2 is 1.53 bits per heavy atom. The quantitative estimate of drug-likeness (QED) is 0.426. The van der Waals surface area contributed by atoms with Crippen LogP contribution >= 0.6 is 0 Å². The van der Waals surface area contributed by atoms with Crippen molar-refractivity contribution in [2.75, 3.05) is 0 Å². The van der Waals surface area contributed by atoms with Gasteiger partial charge in [-0.3, -0.25) is 30.3 Å². The van der Waals surface area contributed by atoms with Crippen molar-refractivity contribution in [1.29, 1.82) is 0 Å². The number of non-ortho nitro benzene ring substituents is 1. The van der Waals surface area contributed by atoms with E-state index in [-0.39, 0.29) is 0 Å². The summed E-state index contributed by atoms with van der Waals surface area (Å²) in [5, 5.41) is 36.2. The second-order valence-corrected chi connectivity index (χ2v) is 6.94. The highest BCUT2D eigenvalue weighted by Gasteiger charge is 2.35. The highest BCUT2D eigenvalue weighted by molar-refractivity contribution is 5.87. The van der Waals surface area contributed by atoms with E-state index in [2.05, 4.69) is 0 Å². The number of ether oxygens (including phenoxy) is 1. The average Bonchev–Trinajstić information content (AvgIpc) is 2.73. The van der Waals surface area contributed by atoms with Crippen LogP contribution in [0, 0.1) is 30.3 Å². The van der Waals surface area contributed by atoms with Gasteiger partial charge in [0.2, 0.25) is 0 Å². The van der Waals surface area contributed by atoms with Crippen LogP contribution < -0.4 is 4.74 Å². The van der Waals surface area contributed by atoms with Crippen LogP contribution in [0.4, 0.5) is 17.1 Å². The van der Waals surface area contributed by atoms with Crippen molar-refractivity contribution < 1.29 is 19.5 Å². The third-order valence-electron chi connectivity index (χ3n) is 5.22. The monoisotopic (exact) mass is 409 g/mol. The van der Waals surface area contributed by atoms with Gasteiger partial charge in [-0.2, -0.15) is 0 Å². The Morgan fingerprint density at radius 1 is 0.867 bits per heavy atom. The first-order chi connectivity index (χ1) is 14.4. The molecule has 0 amide bonds. The number of hydrogen-bond acceptors (Lipinski definition) is 7. The average molecular weight is 409 g/mol. The van der Waals surface area contributed by atoms with Crippen LogP contribution in [-0.4, -0.2) is 14.8 Å². The lowest BCUT2D eigenvalue weighted by molar-refractivity contribution is -0.404. The van der Waals surface area contributed by atoms with E-state index in [4.69, 9.17) is 4.74 Å². The molecule has 0 bridgehead atoms. The zero-order valence-electron chi connectivity index (χ0n) is 15.5. The zero-order valence-corrected chi connectivity index (χ0v) is 15.5. The van der Waals surface area contributed by atoms with Crippen molar-refractivity contribution in [2.24, 2.45) is 0 Å². The number of hydrogen-bond donors (Lipinski definition) is 0. The van der Waals surface area contributed by atoms with Gasteiger partial charge < -0.3 is 4.74 Å². The van der Waals surface area contributed by atoms with Crippen LogP contribution in [0.3, 0.4) is 0 Å². The van der Waals surface area contributed by atoms with Gasteiger partial charge in [0.1, 0.15) is 6.10 Å². The molecular weight excluding hydrogens is 394 g/mol. The summed E-state index contributed by atoms with van der Waals surface area (Å²) in [6.07, 6.45) is 1.40. The SMILES string of the molecule is O=[N+]([O-])c1cc([N+](=O)[O-])c(OC2CCCc3c2ccc2ccccc32)c([N+](=O)[O-])c1. The molecule has 0 heterocycles. The van der Waals surface area contributed by atoms with Gasteiger partial charge in [-0.25, -0.2) is 0 Å². The lowest BCUT2D eigenvalue weighted by Gasteiger charge is -2.27. The minimum Gasteiger partial charge on any atom is -0.474 e. The highest BCUT2D eigenvalue weighted by atomic mass is 16.6. The maximum atomic E-state index is 11.5. The van der Waals surface area contributed by atoms with E-state index >= 15 is 0 Å². The standard InChI is InChI=1S/C20H15N3O7/c24-21(25)13-10-17(22(26)27)20(18(11-13)23(28)29)30-19-7-3-6-15-14-5-2-1-4-12(14)8-9-16(15)19/h1-2,4-5,8-11,19H,3,6-7H2. The van der Waals surface area contributed by atoms with Crippen molar-refractivity contribution in [3.8, 4) is 5.75 Å². The van der Waals surface area contributed by atoms with Gasteiger partial charge in [-0.1, -0.05) is 36.4 Å². The van der Waals surface area contributed by atoms with Crippen LogP contribution in [0.2, 0.25) is 0 Å². The maximum absolute atomic E-state index is 11.5. The van der Waals surface area contributed by atoms with E-state index < -0.39 is 43.7 Å². The van der Waals surface area contributed by atoms with Crippen LogP contribution in [0.5, 0.6) is 5.75 Å². The number of nitrogens with zero attached hydrogens (tertiary/aromatic N) is 3. The lowest BCUT2D eigenvalue weighted by atomic mass is 9.86. The Morgan fingerprint density at radius 3 is 2.17 bits per heavy atom. The fraction of sp³-hybridized carbons (Fsp3) is 0.200. The number of fused-ring (bicyclic) bond motifs is 3. The minimum absolute atomic E-state index is 0.511. The molecule has 1 aliphatic rings. The van der Waals surface area contributed by atoms with E-state index in [0.29, 0.717) is 18.6 Å². The van der Waals surface area contributed by atoms with Crippen molar-refractivity contribution in [3.63, 3.8) is 0 Å². The molecule has 0 radical (unpaired) electrons. The van der Waals surface area contributed by atoms with E-state index in [0.717, 1.165) is 34.7 Å². The Balaban J connectivity index is 1.84. The summed E-state index contributed by atoms with van der Waals surface area (Å²) in [5.74, 6) is -0.568. The first-order valence-electron chi connectivity index (χ1n) is 9.15. The molecular formula is C20H15N3O7. The van der Waals surface area contributed by atoms with Crippen LogP contribution in [0.25, 0.3) is 10.8 Å². The summed E-state index contributed by atoms with van der Waals surface area (Å²) < 4.78 is 5.84. The molecule has 0 N–H and O–H groups in total. The van der Waals surface area contributed by atoms with Crippen LogP contribution in [-0.2, 0) is 6.42 Å². The molecule has 0 aliphatic heterocycles. The normalized spacial score (nSPS) is 15.4. The number of nitro groups is 3. The Kier molecular flexibility index (Phi) is 4.74. The molecule has 0 spiro atoms. The number of rotatable bonds is 5. The molecule has 10 nitrogen and oxygen atoms in total. The summed E-state index contributed by atoms with van der Waals surface area (Å²) in [6, 6.07) is 13.0. The van der Waals surface area contributed by atoms with Gasteiger partial charge in [-0.05, 0) is 41.2 Å². The van der Waals surface area contributed by atoms with Gasteiger partial charge in [0.05, 0.1) is 26.9 Å². The van der Waals surface area contributed by atoms with Crippen molar-refractivity contribution >= 4 is 27.8 Å². The summed E-state index contributed by atoms with van der Waals surface area (Å²) in [7, 11) is 0. The predicted octanol–water partition coefficient (Wildman–Crippen LogP) is 5.02. The molecule has 0 saturated heterocycles. The van der Waals surface area contributed by atoms with E-state index in [1.807, 2.05) is 36.4 Å². The van der Waals surface area contributed by atoms with Crippen molar-refractivity contribution in [1.82, 2.24) is 0 Å². The molecule has 1 aliphatic carbocycles. The van der Waals surface area contributed by atoms with E-state index in [1.54, 1.807) is 0 Å². The molecule has 30 heavy (non-hydrogen) atoms. The number of benzene rings is 3. The fourth-order valence-corrected chi connectivity index (χ4v) is 3.90. The molecule has 1 unspecified atom stereocenters. The predicted molar refractivity (Wildman–Crippen MR) is 107 cm³/mol. The van der Waals surface area contributed by atoms with E-state index in [1.165, 1.54) is 0 Å². The second kappa shape index (κ2) is 7.39. The summed E-state index contributed by atoms with van der Waals surface area (Å²) >= 11 is 0. The zero-order chi connectivity index (χ0) is 21.4. The topological polar surface area (TPSA) is 139 Å². The Bertz CT molecular complexity index is 1170. The second-order valence-electron chi connectivity index (χ2n) is 6.94. The molecule has 4 rings (SSSR count). The first-order valence-corrected chi connectivity index (χ1v) is 9.15. The molecule has 3 aromatic carbocycles. The van der Waals surface area contributed by atoms with Crippen LogP contribution in [0.1, 0.15) is 30.1 Å². The Hall–Kier alpha value is -4.08. The smallest absolute Gasteiger partial charge is 0.325 e. The third kappa shape index (κ3) is 3.28. The largest absolute Gasteiger partial charge is 0.474 e. The van der Waals surface area contributed by atoms with Crippen molar-refractivity contribution in [3.05, 3.63) is 90.0 Å². The molecule has 10 heteroatoms. The first kappa shape index (κ1) is 19.2. The Labute approximate surface area is 169 Å². The molecule has 0 aromatic heterocycles. The van der Waals surface area contributed by atoms with Gasteiger partial charge in [0.25, 0.3) is 11.4 Å².